The van der Waals surface area contributed by atoms with Gasteiger partial charge in [0.1, 0.15) is 11.6 Å². The van der Waals surface area contributed by atoms with Gasteiger partial charge in [-0.15, -0.1) is 13.2 Å². The Kier molecular flexibility index (Phi) is 7.85. The van der Waals surface area contributed by atoms with Gasteiger partial charge in [0.25, 0.3) is 5.91 Å². The van der Waals surface area contributed by atoms with Crippen molar-refractivity contribution in [2.75, 3.05) is 31.6 Å². The number of nitrogens with zero attached hydrogens (tertiary/aromatic N) is 3. The molecule has 3 saturated heterocycles. The summed E-state index contributed by atoms with van der Waals surface area (Å²) in [6.45, 7) is 9.55. The van der Waals surface area contributed by atoms with Crippen LogP contribution in [-0.4, -0.2) is 76.6 Å². The van der Waals surface area contributed by atoms with Gasteiger partial charge in [-0.1, -0.05) is 54.1 Å². The molecule has 3 heterocycles. The van der Waals surface area contributed by atoms with E-state index in [4.69, 9.17) is 16.3 Å². The van der Waals surface area contributed by atoms with Crippen LogP contribution in [0.25, 0.3) is 0 Å². The lowest BCUT2D eigenvalue weighted by Gasteiger charge is -2.39. The first-order chi connectivity index (χ1) is 19.6. The smallest absolute Gasteiger partial charge is 0.253 e. The zero-order valence-corrected chi connectivity index (χ0v) is 24.2. The fraction of sp³-hybridized carbons (Fsp3) is 0.406. The molecule has 5 rings (SSSR count). The molecule has 0 radical (unpaired) electrons. The first-order valence-electron chi connectivity index (χ1n) is 13.9. The molecule has 41 heavy (non-hydrogen) atoms. The van der Waals surface area contributed by atoms with Gasteiger partial charge in [0.2, 0.25) is 11.8 Å². The maximum Gasteiger partial charge on any atom is 0.253 e. The Labute approximate surface area is 245 Å². The van der Waals surface area contributed by atoms with Gasteiger partial charge in [-0.3, -0.25) is 14.4 Å². The van der Waals surface area contributed by atoms with Crippen molar-refractivity contribution in [1.29, 1.82) is 0 Å². The number of likely N-dealkylation sites (N-methyl/N-ethyl adjacent to an activating group) is 1. The van der Waals surface area contributed by atoms with Crippen LogP contribution in [0.1, 0.15) is 31.4 Å². The number of carbonyl (C=O) groups excluding carboxylic acids is 3. The van der Waals surface area contributed by atoms with E-state index in [0.717, 1.165) is 0 Å². The van der Waals surface area contributed by atoms with Crippen molar-refractivity contribution < 1.29 is 24.2 Å². The fourth-order valence-electron chi connectivity index (χ4n) is 7.13. The number of amides is 3. The molecule has 1 N–H and O–H groups in total. The Bertz CT molecular complexity index is 1350. The predicted molar refractivity (Wildman–Crippen MR) is 157 cm³/mol. The normalized spacial score (nSPS) is 28.7. The summed E-state index contributed by atoms with van der Waals surface area (Å²) in [6.07, 6.45) is 4.20. The zero-order valence-electron chi connectivity index (χ0n) is 23.4. The van der Waals surface area contributed by atoms with E-state index >= 15 is 0 Å². The number of benzene rings is 2. The van der Waals surface area contributed by atoms with Crippen molar-refractivity contribution in [2.45, 2.75) is 43.1 Å². The number of fused-ring (bicyclic) bond motifs is 1. The minimum absolute atomic E-state index is 0.177. The topological polar surface area (TPSA) is 90.4 Å². The number of aliphatic hydroxyl groups is 1. The first kappa shape index (κ1) is 29.0. The molecule has 216 valence electrons. The highest BCUT2D eigenvalue weighted by Gasteiger charge is 2.79. The average molecular weight is 578 g/mol. The molecule has 3 aliphatic rings. The highest BCUT2D eigenvalue weighted by atomic mass is 35.5. The number of halogens is 1. The van der Waals surface area contributed by atoms with E-state index < -0.39 is 41.7 Å². The maximum atomic E-state index is 14.8. The van der Waals surface area contributed by atoms with Crippen LogP contribution in [-0.2, 0) is 19.1 Å². The van der Waals surface area contributed by atoms with Crippen molar-refractivity contribution in [1.82, 2.24) is 9.80 Å². The molecule has 3 fully saturated rings. The number of aliphatic hydroxyl groups excluding tert-OH is 1. The quantitative estimate of drug-likeness (QED) is 0.431. The predicted octanol–water partition coefficient (Wildman–Crippen LogP) is 4.00. The Morgan fingerprint density at radius 1 is 1.10 bits per heavy atom. The van der Waals surface area contributed by atoms with E-state index in [1.165, 1.54) is 4.90 Å². The molecule has 2 unspecified atom stereocenters. The molecule has 9 heteroatoms. The summed E-state index contributed by atoms with van der Waals surface area (Å²) in [5.41, 5.74) is -0.884. The number of carbonyl (C=O) groups is 3. The highest BCUT2D eigenvalue weighted by Crippen LogP contribution is 2.64. The fourth-order valence-corrected chi connectivity index (χ4v) is 7.25. The standard InChI is InChI=1S/C32H36ClN3O5/c1-5-18-34(4)28(38)25-26-29(39)36(24(20-37)21-10-8-7-9-11-21)27(32(26)17-16-31(25,3)41-32)30(40)35(19-6-2)23-14-12-22(33)13-15-23/h5-15,24-27,37H,1-2,16-20H2,3-4H3/t24-,25-,26+,27?,31+,32?/m1/s1. The molecule has 8 nitrogen and oxygen atoms in total. The Morgan fingerprint density at radius 2 is 1.76 bits per heavy atom. The second-order valence-corrected chi connectivity index (χ2v) is 11.7. The van der Waals surface area contributed by atoms with Gasteiger partial charge in [-0.2, -0.15) is 0 Å². The highest BCUT2D eigenvalue weighted by molar-refractivity contribution is 6.30. The molecule has 0 aromatic heterocycles. The molecule has 3 aliphatic heterocycles. The summed E-state index contributed by atoms with van der Waals surface area (Å²) in [5, 5.41) is 11.2. The van der Waals surface area contributed by atoms with Gasteiger partial charge < -0.3 is 24.5 Å². The van der Waals surface area contributed by atoms with Gasteiger partial charge >= 0.3 is 0 Å². The zero-order chi connectivity index (χ0) is 29.5. The van der Waals surface area contributed by atoms with Crippen LogP contribution in [0.5, 0.6) is 0 Å². The van der Waals surface area contributed by atoms with E-state index in [1.54, 1.807) is 53.3 Å². The molecule has 2 bridgehead atoms. The van der Waals surface area contributed by atoms with E-state index in [9.17, 15) is 19.5 Å². The van der Waals surface area contributed by atoms with Gasteiger partial charge in [-0.05, 0) is 49.6 Å². The maximum absolute atomic E-state index is 14.8. The van der Waals surface area contributed by atoms with Crippen LogP contribution in [0, 0.1) is 11.8 Å². The third-order valence-corrected chi connectivity index (χ3v) is 9.15. The van der Waals surface area contributed by atoms with Crippen molar-refractivity contribution in [3.05, 3.63) is 90.5 Å². The van der Waals surface area contributed by atoms with Crippen molar-refractivity contribution in [3.8, 4) is 0 Å². The molecule has 6 atom stereocenters. The minimum atomic E-state index is -1.24. The second-order valence-electron chi connectivity index (χ2n) is 11.3. The van der Waals surface area contributed by atoms with E-state index in [0.29, 0.717) is 35.7 Å². The molecule has 3 amide bonds. The summed E-state index contributed by atoms with van der Waals surface area (Å²) in [6, 6.07) is 14.1. The van der Waals surface area contributed by atoms with E-state index in [-0.39, 0.29) is 24.3 Å². The third-order valence-electron chi connectivity index (χ3n) is 8.90. The van der Waals surface area contributed by atoms with Crippen LogP contribution < -0.4 is 4.90 Å². The summed E-state index contributed by atoms with van der Waals surface area (Å²) in [7, 11) is 1.68. The van der Waals surface area contributed by atoms with Gasteiger partial charge in [-0.25, -0.2) is 0 Å². The number of ether oxygens (including phenoxy) is 1. The molecular weight excluding hydrogens is 542 g/mol. The number of likely N-dealkylation sites (tertiary alicyclic amines) is 1. The largest absolute Gasteiger partial charge is 0.394 e. The van der Waals surface area contributed by atoms with Crippen LogP contribution in [0.2, 0.25) is 5.02 Å². The van der Waals surface area contributed by atoms with Crippen LogP contribution >= 0.6 is 11.6 Å². The number of rotatable bonds is 10. The van der Waals surface area contributed by atoms with Crippen molar-refractivity contribution in [2.24, 2.45) is 11.8 Å². The van der Waals surface area contributed by atoms with Crippen LogP contribution in [0.15, 0.2) is 79.9 Å². The summed E-state index contributed by atoms with van der Waals surface area (Å²) < 4.78 is 6.77. The third kappa shape index (κ3) is 4.58. The van der Waals surface area contributed by atoms with E-state index in [2.05, 4.69) is 13.2 Å². The second kappa shape index (κ2) is 11.1. The molecule has 0 aliphatic carbocycles. The molecule has 1 spiro atoms. The molecule has 2 aromatic rings. The summed E-state index contributed by atoms with van der Waals surface area (Å²) >= 11 is 6.14. The van der Waals surface area contributed by atoms with Gasteiger partial charge in [0.05, 0.1) is 30.1 Å². The lowest BCUT2D eigenvalue weighted by Crippen LogP contribution is -2.57. The van der Waals surface area contributed by atoms with Crippen molar-refractivity contribution >= 4 is 35.0 Å². The summed E-state index contributed by atoms with van der Waals surface area (Å²) in [5.74, 6) is -2.62. The Balaban J connectivity index is 1.67. The summed E-state index contributed by atoms with van der Waals surface area (Å²) in [4.78, 5) is 47.8. The lowest BCUT2D eigenvalue weighted by molar-refractivity contribution is -0.151. The van der Waals surface area contributed by atoms with Crippen LogP contribution in [0.4, 0.5) is 5.69 Å². The average Bonchev–Trinajstić information content (AvgIpc) is 3.54. The van der Waals surface area contributed by atoms with Crippen LogP contribution in [0.3, 0.4) is 0 Å². The molecule has 0 saturated carbocycles. The number of hydrogen-bond acceptors (Lipinski definition) is 5. The van der Waals surface area contributed by atoms with Gasteiger partial charge in [0.15, 0.2) is 0 Å². The minimum Gasteiger partial charge on any atom is -0.394 e. The first-order valence-corrected chi connectivity index (χ1v) is 14.2. The van der Waals surface area contributed by atoms with Crippen molar-refractivity contribution in [3.63, 3.8) is 0 Å². The number of hydrogen-bond donors (Lipinski definition) is 1. The molecule has 2 aromatic carbocycles. The monoisotopic (exact) mass is 577 g/mol. The van der Waals surface area contributed by atoms with Gasteiger partial charge in [0, 0.05) is 30.8 Å². The Morgan fingerprint density at radius 3 is 2.37 bits per heavy atom. The number of anilines is 1. The Hall–Kier alpha value is -3.46. The van der Waals surface area contributed by atoms with E-state index in [1.807, 2.05) is 37.3 Å². The molecular formula is C32H36ClN3O5. The SMILES string of the molecule is C=CCN(C)C(=O)[C@H]1[C@H]2C(=O)N([C@H](CO)c3ccccc3)C(C(=O)N(CC=C)c3ccc(Cl)cc3)C23CC[C@]1(C)O3. The lowest BCUT2D eigenvalue weighted by atomic mass is 9.66.